The Bertz CT molecular complexity index is 419. The van der Waals surface area contributed by atoms with E-state index in [0.29, 0.717) is 6.61 Å². The molecule has 1 saturated carbocycles. The summed E-state index contributed by atoms with van der Waals surface area (Å²) in [5, 5.41) is 0. The normalized spacial score (nSPS) is 61.6. The lowest BCUT2D eigenvalue weighted by atomic mass is 9.65. The Morgan fingerprint density at radius 1 is 1.25 bits per heavy atom. The van der Waals surface area contributed by atoms with Gasteiger partial charge in [-0.3, -0.25) is 4.79 Å². The van der Waals surface area contributed by atoms with Gasteiger partial charge in [-0.05, 0) is 6.92 Å². The van der Waals surface area contributed by atoms with Crippen molar-refractivity contribution < 1.29 is 19.0 Å². The SMILES string of the molecule is CC(C)(C)[C@]12O[C@H]1[C@]1(C)O[C@@H]1[C@@]1(CO1)C2=O. The van der Waals surface area contributed by atoms with Gasteiger partial charge in [0.2, 0.25) is 5.78 Å². The van der Waals surface area contributed by atoms with Crippen molar-refractivity contribution in [2.24, 2.45) is 5.41 Å². The molecule has 4 aliphatic rings. The molecule has 3 aliphatic heterocycles. The summed E-state index contributed by atoms with van der Waals surface area (Å²) in [7, 11) is 0. The molecule has 5 atom stereocenters. The molecule has 0 aromatic heterocycles. The fourth-order valence-corrected chi connectivity index (χ4v) is 3.53. The van der Waals surface area contributed by atoms with Crippen molar-refractivity contribution in [2.45, 2.75) is 56.7 Å². The Morgan fingerprint density at radius 2 is 1.88 bits per heavy atom. The predicted octanol–water partition coefficient (Wildman–Crippen LogP) is 0.679. The summed E-state index contributed by atoms with van der Waals surface area (Å²) in [4.78, 5) is 12.6. The Labute approximate surface area is 94.2 Å². The van der Waals surface area contributed by atoms with Crippen molar-refractivity contribution in [3.63, 3.8) is 0 Å². The molecule has 4 fully saturated rings. The summed E-state index contributed by atoms with van der Waals surface area (Å²) in [6, 6.07) is 0. The molecule has 0 amide bonds. The van der Waals surface area contributed by atoms with E-state index in [9.17, 15) is 4.79 Å². The van der Waals surface area contributed by atoms with Crippen LogP contribution in [0.2, 0.25) is 0 Å². The van der Waals surface area contributed by atoms with Gasteiger partial charge in [-0.1, -0.05) is 20.8 Å². The molecule has 4 heteroatoms. The van der Waals surface area contributed by atoms with Gasteiger partial charge < -0.3 is 14.2 Å². The van der Waals surface area contributed by atoms with Gasteiger partial charge in [-0.15, -0.1) is 0 Å². The van der Waals surface area contributed by atoms with Gasteiger partial charge >= 0.3 is 0 Å². The number of hydrogen-bond donors (Lipinski definition) is 0. The molecule has 0 aromatic rings. The number of carbonyl (C=O) groups excluding carboxylic acids is 1. The van der Waals surface area contributed by atoms with Crippen LogP contribution in [-0.4, -0.2) is 41.4 Å². The number of epoxide rings is 3. The number of rotatable bonds is 0. The van der Waals surface area contributed by atoms with E-state index in [1.165, 1.54) is 0 Å². The van der Waals surface area contributed by atoms with Crippen molar-refractivity contribution in [2.75, 3.05) is 6.61 Å². The molecule has 0 N–H and O–H groups in total. The van der Waals surface area contributed by atoms with Crippen molar-refractivity contribution in [1.82, 2.24) is 0 Å². The van der Waals surface area contributed by atoms with E-state index in [2.05, 4.69) is 0 Å². The third-order valence-corrected chi connectivity index (χ3v) is 4.69. The van der Waals surface area contributed by atoms with Gasteiger partial charge in [0.1, 0.15) is 17.8 Å². The summed E-state index contributed by atoms with van der Waals surface area (Å²) in [6.45, 7) is 8.68. The van der Waals surface area contributed by atoms with Gasteiger partial charge in [-0.25, -0.2) is 0 Å². The quantitative estimate of drug-likeness (QED) is 0.568. The number of fused-ring (bicyclic) bond motifs is 4. The van der Waals surface area contributed by atoms with E-state index >= 15 is 0 Å². The summed E-state index contributed by atoms with van der Waals surface area (Å²) in [6.07, 6.45) is -0.150. The number of hydrogen-bond acceptors (Lipinski definition) is 4. The fourth-order valence-electron chi connectivity index (χ4n) is 3.53. The highest BCUT2D eigenvalue weighted by Crippen LogP contribution is 2.71. The van der Waals surface area contributed by atoms with Crippen molar-refractivity contribution in [3.05, 3.63) is 0 Å². The summed E-state index contributed by atoms with van der Waals surface area (Å²) < 4.78 is 17.0. The largest absolute Gasteiger partial charge is 0.360 e. The Hall–Kier alpha value is -0.450. The second kappa shape index (κ2) is 2.00. The van der Waals surface area contributed by atoms with Crippen LogP contribution in [0.25, 0.3) is 0 Å². The van der Waals surface area contributed by atoms with Gasteiger partial charge in [0.15, 0.2) is 11.2 Å². The highest BCUT2D eigenvalue weighted by Gasteiger charge is 2.93. The third-order valence-electron chi connectivity index (χ3n) is 4.69. The minimum atomic E-state index is -0.675. The van der Waals surface area contributed by atoms with Crippen LogP contribution in [0.15, 0.2) is 0 Å². The van der Waals surface area contributed by atoms with Crippen LogP contribution >= 0.6 is 0 Å². The molecule has 0 radical (unpaired) electrons. The zero-order valence-electron chi connectivity index (χ0n) is 9.99. The van der Waals surface area contributed by atoms with E-state index in [4.69, 9.17) is 14.2 Å². The molecule has 4 rings (SSSR count). The highest BCUT2D eigenvalue weighted by molar-refractivity contribution is 6.03. The van der Waals surface area contributed by atoms with Crippen LogP contribution in [0.3, 0.4) is 0 Å². The minimum absolute atomic E-state index is 0.0736. The number of carbonyl (C=O) groups is 1. The molecule has 0 bridgehead atoms. The zero-order chi connectivity index (χ0) is 11.6. The molecule has 1 spiro atoms. The molecule has 88 valence electrons. The molecular formula is C12H16O4. The van der Waals surface area contributed by atoms with Crippen LogP contribution in [0.4, 0.5) is 0 Å². The molecule has 4 nitrogen and oxygen atoms in total. The van der Waals surface area contributed by atoms with E-state index in [1.807, 2.05) is 27.7 Å². The predicted molar refractivity (Wildman–Crippen MR) is 54.0 cm³/mol. The number of Topliss-reactive ketones (excluding diaryl/α,β-unsaturated/α-hetero) is 1. The van der Waals surface area contributed by atoms with Crippen molar-refractivity contribution in [1.29, 1.82) is 0 Å². The zero-order valence-corrected chi connectivity index (χ0v) is 9.99. The number of ketones is 1. The summed E-state index contributed by atoms with van der Waals surface area (Å²) in [5.41, 5.74) is -1.84. The van der Waals surface area contributed by atoms with Crippen LogP contribution < -0.4 is 0 Å². The topological polar surface area (TPSA) is 54.7 Å². The lowest BCUT2D eigenvalue weighted by molar-refractivity contribution is -0.134. The molecule has 3 saturated heterocycles. The van der Waals surface area contributed by atoms with E-state index in [-0.39, 0.29) is 29.0 Å². The smallest absolute Gasteiger partial charge is 0.204 e. The van der Waals surface area contributed by atoms with E-state index in [1.54, 1.807) is 0 Å². The highest BCUT2D eigenvalue weighted by atomic mass is 16.7. The first-order valence-electron chi connectivity index (χ1n) is 5.83. The Kier molecular flexibility index (Phi) is 1.20. The standard InChI is InChI=1S/C12H16O4/c1-9(2,3)12-6(13)11(5-14-11)7-10(4,15-7)8(12)16-12/h7-8H,5H2,1-4H3/t7-,8-,10+,11+,12+/m0/s1. The van der Waals surface area contributed by atoms with Gasteiger partial charge in [-0.2, -0.15) is 0 Å². The van der Waals surface area contributed by atoms with Crippen LogP contribution in [0, 0.1) is 5.41 Å². The van der Waals surface area contributed by atoms with Gasteiger partial charge in [0, 0.05) is 5.41 Å². The molecule has 16 heavy (non-hydrogen) atoms. The average molecular weight is 224 g/mol. The first-order valence-corrected chi connectivity index (χ1v) is 5.83. The maximum Gasteiger partial charge on any atom is 0.204 e. The average Bonchev–Trinajstić information content (AvgIpc) is 3.02. The van der Waals surface area contributed by atoms with E-state index < -0.39 is 11.2 Å². The maximum absolute atomic E-state index is 12.6. The Balaban J connectivity index is 1.85. The maximum atomic E-state index is 12.6. The van der Waals surface area contributed by atoms with Crippen molar-refractivity contribution in [3.8, 4) is 0 Å². The second-order valence-electron chi connectivity index (χ2n) is 6.67. The first kappa shape index (κ1) is 9.57. The van der Waals surface area contributed by atoms with Crippen LogP contribution in [-0.2, 0) is 19.0 Å². The number of ether oxygens (including phenoxy) is 3. The summed E-state index contributed by atoms with van der Waals surface area (Å²) >= 11 is 0. The lowest BCUT2D eigenvalue weighted by Gasteiger charge is -2.31. The summed E-state index contributed by atoms with van der Waals surface area (Å²) in [5.74, 6) is 0.109. The van der Waals surface area contributed by atoms with E-state index in [0.717, 1.165) is 0 Å². The third kappa shape index (κ3) is 0.692. The first-order chi connectivity index (χ1) is 7.29. The molecule has 3 heterocycles. The fraction of sp³-hybridized carbons (Fsp3) is 0.917. The van der Waals surface area contributed by atoms with Crippen LogP contribution in [0.5, 0.6) is 0 Å². The molecular weight excluding hydrogens is 208 g/mol. The van der Waals surface area contributed by atoms with Crippen molar-refractivity contribution >= 4 is 5.78 Å². The van der Waals surface area contributed by atoms with Gasteiger partial charge in [0.25, 0.3) is 0 Å². The second-order valence-corrected chi connectivity index (χ2v) is 6.67. The monoisotopic (exact) mass is 224 g/mol. The molecule has 1 aliphatic carbocycles. The lowest BCUT2D eigenvalue weighted by Crippen LogP contribution is -2.56. The minimum Gasteiger partial charge on any atom is -0.360 e. The van der Waals surface area contributed by atoms with Gasteiger partial charge in [0.05, 0.1) is 6.61 Å². The molecule has 0 aromatic carbocycles. The molecule has 0 unspecified atom stereocenters. The van der Waals surface area contributed by atoms with Crippen LogP contribution in [0.1, 0.15) is 27.7 Å². The Morgan fingerprint density at radius 3 is 2.38 bits per heavy atom.